The fourth-order valence-corrected chi connectivity index (χ4v) is 2.01. The van der Waals surface area contributed by atoms with Crippen molar-refractivity contribution in [3.8, 4) is 0 Å². The van der Waals surface area contributed by atoms with Gasteiger partial charge in [-0.15, -0.1) is 0 Å². The van der Waals surface area contributed by atoms with E-state index in [0.29, 0.717) is 6.42 Å². The van der Waals surface area contributed by atoms with Crippen LogP contribution in [0.15, 0.2) is 28.9 Å². The van der Waals surface area contributed by atoms with Gasteiger partial charge in [-0.1, -0.05) is 22.0 Å². The number of benzene rings is 1. The summed E-state index contributed by atoms with van der Waals surface area (Å²) in [6, 6.07) is 4.96. The predicted octanol–water partition coefficient (Wildman–Crippen LogP) is 1.88. The van der Waals surface area contributed by atoms with Crippen LogP contribution >= 0.6 is 15.9 Å². The van der Waals surface area contributed by atoms with Crippen molar-refractivity contribution >= 4 is 32.8 Å². The summed E-state index contributed by atoms with van der Waals surface area (Å²) in [7, 11) is 0. The van der Waals surface area contributed by atoms with Crippen molar-refractivity contribution in [3.63, 3.8) is 0 Å². The molecule has 0 bridgehead atoms. The molecule has 0 radical (unpaired) electrons. The van der Waals surface area contributed by atoms with Gasteiger partial charge in [0.25, 0.3) is 0 Å². The van der Waals surface area contributed by atoms with Gasteiger partial charge in [0.1, 0.15) is 6.04 Å². The molecule has 0 fully saturated rings. The maximum absolute atomic E-state index is 10.7. The molecule has 84 valence electrons. The van der Waals surface area contributed by atoms with Crippen LogP contribution in [0, 0.1) is 0 Å². The van der Waals surface area contributed by atoms with E-state index < -0.39 is 12.0 Å². The number of H-pyrrole nitrogens is 1. The Morgan fingerprint density at radius 2 is 2.31 bits per heavy atom. The molecule has 0 saturated heterocycles. The minimum Gasteiger partial charge on any atom is -0.480 e. The van der Waals surface area contributed by atoms with E-state index in [4.69, 9.17) is 10.8 Å². The Labute approximate surface area is 101 Å². The first kappa shape index (κ1) is 11.2. The second kappa shape index (κ2) is 4.27. The lowest BCUT2D eigenvalue weighted by atomic mass is 10.1. The number of hydrogen-bond donors (Lipinski definition) is 3. The zero-order valence-electron chi connectivity index (χ0n) is 8.40. The molecule has 0 aliphatic heterocycles. The molecular formula is C11H11BrN2O2. The monoisotopic (exact) mass is 282 g/mol. The number of rotatable bonds is 3. The fraction of sp³-hybridized carbons (Fsp3) is 0.182. The highest BCUT2D eigenvalue weighted by molar-refractivity contribution is 9.10. The minimum atomic E-state index is -0.980. The number of carbonyl (C=O) groups is 1. The zero-order chi connectivity index (χ0) is 11.7. The van der Waals surface area contributed by atoms with Crippen LogP contribution < -0.4 is 5.73 Å². The molecule has 16 heavy (non-hydrogen) atoms. The molecule has 1 atom stereocenters. The van der Waals surface area contributed by atoms with E-state index in [-0.39, 0.29) is 0 Å². The maximum Gasteiger partial charge on any atom is 0.320 e. The van der Waals surface area contributed by atoms with Gasteiger partial charge in [0.05, 0.1) is 0 Å². The van der Waals surface area contributed by atoms with Crippen LogP contribution in [0.3, 0.4) is 0 Å². The van der Waals surface area contributed by atoms with Gasteiger partial charge in [0, 0.05) is 28.0 Å². The number of fused-ring (bicyclic) bond motifs is 1. The molecule has 2 rings (SSSR count). The predicted molar refractivity (Wildman–Crippen MR) is 65.3 cm³/mol. The smallest absolute Gasteiger partial charge is 0.320 e. The molecule has 1 aromatic heterocycles. The first-order valence-electron chi connectivity index (χ1n) is 4.82. The number of carboxylic acid groups (broad SMARTS) is 1. The molecule has 0 amide bonds. The second-order valence-electron chi connectivity index (χ2n) is 3.65. The van der Waals surface area contributed by atoms with E-state index in [9.17, 15) is 4.79 Å². The largest absolute Gasteiger partial charge is 0.480 e. The summed E-state index contributed by atoms with van der Waals surface area (Å²) >= 11 is 3.38. The molecule has 0 aliphatic carbocycles. The highest BCUT2D eigenvalue weighted by Gasteiger charge is 2.14. The summed E-state index contributed by atoms with van der Waals surface area (Å²) in [5.74, 6) is -0.980. The van der Waals surface area contributed by atoms with Crippen molar-refractivity contribution in [2.24, 2.45) is 5.73 Å². The lowest BCUT2D eigenvalue weighted by Crippen LogP contribution is -2.32. The summed E-state index contributed by atoms with van der Waals surface area (Å²) in [5.41, 5.74) is 7.41. The van der Waals surface area contributed by atoms with Crippen LogP contribution in [0.2, 0.25) is 0 Å². The average molecular weight is 283 g/mol. The standard InChI is InChI=1S/C11H11BrN2O2/c12-7-1-2-8-6(3-9(13)11(15)16)5-14-10(8)4-7/h1-2,4-5,9,14H,3,13H2,(H,15,16)/t9-/m1/s1. The minimum absolute atomic E-state index is 0.330. The van der Waals surface area contributed by atoms with Crippen molar-refractivity contribution in [3.05, 3.63) is 34.4 Å². The topological polar surface area (TPSA) is 79.1 Å². The molecule has 0 saturated carbocycles. The van der Waals surface area contributed by atoms with Crippen molar-refractivity contribution in [1.29, 1.82) is 0 Å². The SMILES string of the molecule is N[C@H](Cc1c[nH]c2cc(Br)ccc12)C(=O)O. The Balaban J connectivity index is 2.35. The summed E-state index contributed by atoms with van der Waals surface area (Å²) in [6.45, 7) is 0. The highest BCUT2D eigenvalue weighted by atomic mass is 79.9. The molecule has 2 aromatic rings. The van der Waals surface area contributed by atoms with Gasteiger partial charge >= 0.3 is 5.97 Å². The first-order chi connectivity index (χ1) is 7.58. The van der Waals surface area contributed by atoms with Gasteiger partial charge in [-0.25, -0.2) is 0 Å². The number of aromatic amines is 1. The normalized spacial score (nSPS) is 12.9. The van der Waals surface area contributed by atoms with Gasteiger partial charge in [-0.05, 0) is 17.7 Å². The molecule has 4 N–H and O–H groups in total. The molecule has 0 unspecified atom stereocenters. The molecule has 0 spiro atoms. The van der Waals surface area contributed by atoms with Gasteiger partial charge in [-0.3, -0.25) is 4.79 Å². The molecule has 1 aromatic carbocycles. The van der Waals surface area contributed by atoms with Crippen LogP contribution in [0.25, 0.3) is 10.9 Å². The van der Waals surface area contributed by atoms with E-state index in [2.05, 4.69) is 20.9 Å². The third-order valence-electron chi connectivity index (χ3n) is 2.49. The van der Waals surface area contributed by atoms with Crippen molar-refractivity contribution in [2.45, 2.75) is 12.5 Å². The number of aliphatic carboxylic acids is 1. The number of hydrogen-bond acceptors (Lipinski definition) is 2. The van der Waals surface area contributed by atoms with Crippen LogP contribution in [-0.2, 0) is 11.2 Å². The lowest BCUT2D eigenvalue weighted by molar-refractivity contribution is -0.138. The molecule has 0 aliphatic rings. The average Bonchev–Trinajstić information content (AvgIpc) is 2.60. The van der Waals surface area contributed by atoms with Crippen molar-refractivity contribution < 1.29 is 9.90 Å². The van der Waals surface area contributed by atoms with Crippen LogP contribution in [-0.4, -0.2) is 22.1 Å². The summed E-state index contributed by atoms with van der Waals surface area (Å²) < 4.78 is 0.982. The van der Waals surface area contributed by atoms with Gasteiger partial charge < -0.3 is 15.8 Å². The highest BCUT2D eigenvalue weighted by Crippen LogP contribution is 2.23. The molecular weight excluding hydrogens is 272 g/mol. The lowest BCUT2D eigenvalue weighted by Gasteiger charge is -2.04. The third kappa shape index (κ3) is 2.10. The maximum atomic E-state index is 10.7. The van der Waals surface area contributed by atoms with E-state index in [1.54, 1.807) is 6.20 Å². The number of carboxylic acids is 1. The number of nitrogens with one attached hydrogen (secondary N) is 1. The van der Waals surface area contributed by atoms with Gasteiger partial charge in [0.2, 0.25) is 0 Å². The van der Waals surface area contributed by atoms with Crippen molar-refractivity contribution in [1.82, 2.24) is 4.98 Å². The first-order valence-corrected chi connectivity index (χ1v) is 5.61. The fourth-order valence-electron chi connectivity index (χ4n) is 1.65. The van der Waals surface area contributed by atoms with E-state index >= 15 is 0 Å². The summed E-state index contributed by atoms with van der Waals surface area (Å²) in [5, 5.41) is 9.77. The van der Waals surface area contributed by atoms with Gasteiger partial charge in [0.15, 0.2) is 0 Å². The van der Waals surface area contributed by atoms with Crippen LogP contribution in [0.4, 0.5) is 0 Å². The number of aromatic nitrogens is 1. The van der Waals surface area contributed by atoms with Crippen LogP contribution in [0.1, 0.15) is 5.56 Å². The van der Waals surface area contributed by atoms with E-state index in [0.717, 1.165) is 20.9 Å². The van der Waals surface area contributed by atoms with E-state index in [1.807, 2.05) is 18.2 Å². The quantitative estimate of drug-likeness (QED) is 0.804. The Morgan fingerprint density at radius 1 is 1.56 bits per heavy atom. The molecule has 4 nitrogen and oxygen atoms in total. The Bertz CT molecular complexity index is 536. The number of halogens is 1. The Hall–Kier alpha value is -1.33. The second-order valence-corrected chi connectivity index (χ2v) is 4.57. The Morgan fingerprint density at radius 3 is 3.00 bits per heavy atom. The Kier molecular flexibility index (Phi) is 2.98. The summed E-state index contributed by atoms with van der Waals surface area (Å²) in [4.78, 5) is 13.8. The van der Waals surface area contributed by atoms with Crippen LogP contribution in [0.5, 0.6) is 0 Å². The van der Waals surface area contributed by atoms with E-state index in [1.165, 1.54) is 0 Å². The molecule has 5 heteroatoms. The van der Waals surface area contributed by atoms with Crippen molar-refractivity contribution in [2.75, 3.05) is 0 Å². The number of nitrogens with two attached hydrogens (primary N) is 1. The van der Waals surface area contributed by atoms with Gasteiger partial charge in [-0.2, -0.15) is 0 Å². The third-order valence-corrected chi connectivity index (χ3v) is 2.98. The molecule has 1 heterocycles. The summed E-state index contributed by atoms with van der Waals surface area (Å²) in [6.07, 6.45) is 2.14. The zero-order valence-corrected chi connectivity index (χ0v) is 9.99.